The monoisotopic (exact) mass is 250 g/mol. The van der Waals surface area contributed by atoms with Gasteiger partial charge in [0.05, 0.1) is 6.04 Å². The van der Waals surface area contributed by atoms with Gasteiger partial charge < -0.3 is 16.2 Å². The summed E-state index contributed by atoms with van der Waals surface area (Å²) in [5.74, 6) is 0.192. The predicted octanol–water partition coefficient (Wildman–Crippen LogP) is 2.32. The molecule has 0 aliphatic rings. The molecule has 1 aromatic rings. The van der Waals surface area contributed by atoms with E-state index in [1.807, 2.05) is 20.8 Å². The third-order valence-electron chi connectivity index (χ3n) is 3.36. The molecule has 0 radical (unpaired) electrons. The summed E-state index contributed by atoms with van der Waals surface area (Å²) >= 11 is 0. The van der Waals surface area contributed by atoms with Crippen molar-refractivity contribution in [3.8, 4) is 5.75 Å². The molecule has 0 spiro atoms. The molecule has 1 aromatic carbocycles. The van der Waals surface area contributed by atoms with Crippen LogP contribution in [0.15, 0.2) is 12.1 Å². The molecule has 1 amide bonds. The van der Waals surface area contributed by atoms with Crippen LogP contribution in [-0.4, -0.2) is 17.1 Å². The van der Waals surface area contributed by atoms with E-state index in [4.69, 9.17) is 5.73 Å². The summed E-state index contributed by atoms with van der Waals surface area (Å²) < 4.78 is 0. The highest BCUT2D eigenvalue weighted by atomic mass is 16.3. The second-order valence-corrected chi connectivity index (χ2v) is 4.85. The molecule has 0 saturated carbocycles. The maximum absolute atomic E-state index is 12.0. The third-order valence-corrected chi connectivity index (χ3v) is 3.36. The molecule has 0 saturated heterocycles. The lowest BCUT2D eigenvalue weighted by Crippen LogP contribution is -2.40. The van der Waals surface area contributed by atoms with Crippen LogP contribution in [0.4, 0.5) is 5.69 Å². The number of rotatable bonds is 4. The van der Waals surface area contributed by atoms with Crippen molar-refractivity contribution < 1.29 is 9.90 Å². The molecule has 4 heteroatoms. The lowest BCUT2D eigenvalue weighted by atomic mass is 9.99. The lowest BCUT2D eigenvalue weighted by molar-refractivity contribution is -0.118. The largest absolute Gasteiger partial charge is 0.508 e. The molecule has 0 heterocycles. The number of aryl methyl sites for hydroxylation is 2. The molecular formula is C14H22N2O2. The quantitative estimate of drug-likeness (QED) is 0.718. The van der Waals surface area contributed by atoms with Crippen LogP contribution in [0.5, 0.6) is 5.75 Å². The zero-order chi connectivity index (χ0) is 13.9. The smallest absolute Gasteiger partial charge is 0.241 e. The van der Waals surface area contributed by atoms with Gasteiger partial charge in [-0.25, -0.2) is 0 Å². The fourth-order valence-electron chi connectivity index (χ4n) is 1.66. The second-order valence-electron chi connectivity index (χ2n) is 4.85. The van der Waals surface area contributed by atoms with E-state index in [0.717, 1.165) is 17.5 Å². The first-order valence-corrected chi connectivity index (χ1v) is 6.23. The van der Waals surface area contributed by atoms with Crippen molar-refractivity contribution >= 4 is 11.6 Å². The van der Waals surface area contributed by atoms with Crippen LogP contribution in [0.25, 0.3) is 0 Å². The van der Waals surface area contributed by atoms with E-state index in [-0.39, 0.29) is 17.6 Å². The van der Waals surface area contributed by atoms with Gasteiger partial charge in [0.2, 0.25) is 5.91 Å². The lowest BCUT2D eigenvalue weighted by Gasteiger charge is -2.19. The fourth-order valence-corrected chi connectivity index (χ4v) is 1.66. The van der Waals surface area contributed by atoms with Crippen molar-refractivity contribution in [1.29, 1.82) is 0 Å². The predicted molar refractivity (Wildman–Crippen MR) is 73.6 cm³/mol. The van der Waals surface area contributed by atoms with Crippen molar-refractivity contribution in [3.05, 3.63) is 23.3 Å². The molecule has 0 aliphatic heterocycles. The van der Waals surface area contributed by atoms with Crippen molar-refractivity contribution in [2.45, 2.75) is 40.2 Å². The van der Waals surface area contributed by atoms with Crippen LogP contribution in [0, 0.1) is 19.8 Å². The average Bonchev–Trinajstić information content (AvgIpc) is 2.33. The standard InChI is InChI=1S/C14H22N2O2/c1-5-8(2)13(15)14(18)16-11-6-10(4)12(17)7-9(11)3/h6-8,13,17H,5,15H2,1-4H3,(H,16,18)/t8-,13-/m0/s1. The van der Waals surface area contributed by atoms with Crippen molar-refractivity contribution in [3.63, 3.8) is 0 Å². The van der Waals surface area contributed by atoms with Crippen LogP contribution in [0.2, 0.25) is 0 Å². The van der Waals surface area contributed by atoms with E-state index >= 15 is 0 Å². The Labute approximate surface area is 108 Å². The highest BCUT2D eigenvalue weighted by molar-refractivity contribution is 5.95. The third kappa shape index (κ3) is 3.23. The Morgan fingerprint density at radius 2 is 2.00 bits per heavy atom. The molecule has 0 unspecified atom stereocenters. The van der Waals surface area contributed by atoms with E-state index in [9.17, 15) is 9.90 Å². The fraction of sp³-hybridized carbons (Fsp3) is 0.500. The van der Waals surface area contributed by atoms with Gasteiger partial charge in [-0.05, 0) is 43.0 Å². The molecule has 0 aromatic heterocycles. The zero-order valence-electron chi connectivity index (χ0n) is 11.4. The number of nitrogens with two attached hydrogens (primary N) is 1. The van der Waals surface area contributed by atoms with E-state index in [1.165, 1.54) is 0 Å². The molecule has 4 N–H and O–H groups in total. The zero-order valence-corrected chi connectivity index (χ0v) is 11.4. The van der Waals surface area contributed by atoms with Gasteiger partial charge in [-0.2, -0.15) is 0 Å². The maximum atomic E-state index is 12.0. The van der Waals surface area contributed by atoms with E-state index in [2.05, 4.69) is 5.32 Å². The Balaban J connectivity index is 2.85. The molecule has 4 nitrogen and oxygen atoms in total. The molecular weight excluding hydrogens is 228 g/mol. The summed E-state index contributed by atoms with van der Waals surface area (Å²) in [6, 6.07) is 2.88. The normalized spacial score (nSPS) is 14.1. The minimum Gasteiger partial charge on any atom is -0.508 e. The highest BCUT2D eigenvalue weighted by Gasteiger charge is 2.20. The Morgan fingerprint density at radius 3 is 2.56 bits per heavy atom. The summed E-state index contributed by atoms with van der Waals surface area (Å²) in [5, 5.41) is 12.4. The van der Waals surface area contributed by atoms with E-state index in [1.54, 1.807) is 19.1 Å². The summed E-state index contributed by atoms with van der Waals surface area (Å²) in [5.41, 5.74) is 8.13. The molecule has 18 heavy (non-hydrogen) atoms. The topological polar surface area (TPSA) is 75.4 Å². The van der Waals surface area contributed by atoms with Gasteiger partial charge in [0.15, 0.2) is 0 Å². The van der Waals surface area contributed by atoms with Crippen LogP contribution in [0.3, 0.4) is 0 Å². The minimum atomic E-state index is -0.511. The SMILES string of the molecule is CC[C@H](C)[C@H](N)C(=O)Nc1cc(C)c(O)cc1C. The van der Waals surface area contributed by atoms with Gasteiger partial charge in [0, 0.05) is 5.69 Å². The summed E-state index contributed by atoms with van der Waals surface area (Å²) in [6.07, 6.45) is 0.863. The molecule has 100 valence electrons. The molecule has 1 rings (SSSR count). The van der Waals surface area contributed by atoms with Crippen LogP contribution in [0.1, 0.15) is 31.4 Å². The van der Waals surface area contributed by atoms with Gasteiger partial charge >= 0.3 is 0 Å². The first kappa shape index (κ1) is 14.5. The number of amides is 1. The second kappa shape index (κ2) is 5.87. The number of phenols is 1. The minimum absolute atomic E-state index is 0.142. The number of hydrogen-bond donors (Lipinski definition) is 3. The maximum Gasteiger partial charge on any atom is 0.241 e. The Bertz CT molecular complexity index is 444. The summed E-state index contributed by atoms with van der Waals surface area (Å²) in [4.78, 5) is 12.0. The first-order chi connectivity index (χ1) is 8.36. The van der Waals surface area contributed by atoms with Crippen LogP contribution in [-0.2, 0) is 4.79 Å². The number of anilines is 1. The number of carbonyl (C=O) groups excluding carboxylic acids is 1. The number of phenolic OH excluding ortho intramolecular Hbond substituents is 1. The van der Waals surface area contributed by atoms with Crippen LogP contribution < -0.4 is 11.1 Å². The van der Waals surface area contributed by atoms with Crippen molar-refractivity contribution in [2.24, 2.45) is 11.7 Å². The van der Waals surface area contributed by atoms with Gasteiger partial charge in [0.25, 0.3) is 0 Å². The number of benzene rings is 1. The van der Waals surface area contributed by atoms with Gasteiger partial charge in [0.1, 0.15) is 5.75 Å². The molecule has 0 fully saturated rings. The molecule has 0 aliphatic carbocycles. The molecule has 0 bridgehead atoms. The van der Waals surface area contributed by atoms with E-state index in [0.29, 0.717) is 5.69 Å². The average molecular weight is 250 g/mol. The van der Waals surface area contributed by atoms with Crippen molar-refractivity contribution in [1.82, 2.24) is 0 Å². The Hall–Kier alpha value is -1.55. The van der Waals surface area contributed by atoms with Crippen LogP contribution >= 0.6 is 0 Å². The van der Waals surface area contributed by atoms with Gasteiger partial charge in [-0.3, -0.25) is 4.79 Å². The molecule has 2 atom stereocenters. The van der Waals surface area contributed by atoms with E-state index < -0.39 is 6.04 Å². The highest BCUT2D eigenvalue weighted by Crippen LogP contribution is 2.25. The number of carbonyl (C=O) groups is 1. The summed E-state index contributed by atoms with van der Waals surface area (Å²) in [7, 11) is 0. The first-order valence-electron chi connectivity index (χ1n) is 6.23. The Morgan fingerprint density at radius 1 is 1.39 bits per heavy atom. The number of nitrogens with one attached hydrogen (secondary N) is 1. The number of hydrogen-bond acceptors (Lipinski definition) is 3. The van der Waals surface area contributed by atoms with Crippen molar-refractivity contribution in [2.75, 3.05) is 5.32 Å². The van der Waals surface area contributed by atoms with Gasteiger partial charge in [-0.1, -0.05) is 20.3 Å². The number of aromatic hydroxyl groups is 1. The Kier molecular flexibility index (Phi) is 4.73. The summed E-state index contributed by atoms with van der Waals surface area (Å²) in [6.45, 7) is 7.59. The van der Waals surface area contributed by atoms with Gasteiger partial charge in [-0.15, -0.1) is 0 Å².